The monoisotopic (exact) mass is 228 g/mol. The molecule has 0 bridgehead atoms. The van der Waals surface area contributed by atoms with Crippen molar-refractivity contribution in [3.63, 3.8) is 0 Å². The molecule has 2 amide bonds. The molecule has 2 N–H and O–H groups in total. The molecule has 5 nitrogen and oxygen atoms in total. The summed E-state index contributed by atoms with van der Waals surface area (Å²) >= 11 is 0. The first-order chi connectivity index (χ1) is 7.32. The number of carboxylic acid groups (broad SMARTS) is 1. The van der Waals surface area contributed by atoms with Crippen molar-refractivity contribution in [3.05, 3.63) is 0 Å². The minimum absolute atomic E-state index is 0.127. The Labute approximate surface area is 95.8 Å². The van der Waals surface area contributed by atoms with E-state index in [9.17, 15) is 9.59 Å². The zero-order valence-corrected chi connectivity index (χ0v) is 10.1. The number of nitrogens with zero attached hydrogens (tertiary/aromatic N) is 1. The highest BCUT2D eigenvalue weighted by molar-refractivity contribution is 5.82. The van der Waals surface area contributed by atoms with Gasteiger partial charge in [0.15, 0.2) is 0 Å². The lowest BCUT2D eigenvalue weighted by Gasteiger charge is -2.38. The molecule has 0 spiro atoms. The van der Waals surface area contributed by atoms with E-state index < -0.39 is 12.0 Å². The second-order valence-electron chi connectivity index (χ2n) is 5.20. The summed E-state index contributed by atoms with van der Waals surface area (Å²) in [7, 11) is 0. The van der Waals surface area contributed by atoms with E-state index in [4.69, 9.17) is 5.11 Å². The van der Waals surface area contributed by atoms with Crippen molar-refractivity contribution in [2.75, 3.05) is 13.1 Å². The first-order valence-electron chi connectivity index (χ1n) is 5.60. The first-order valence-corrected chi connectivity index (χ1v) is 5.60. The van der Waals surface area contributed by atoms with Crippen LogP contribution >= 0.6 is 0 Å². The van der Waals surface area contributed by atoms with E-state index in [0.29, 0.717) is 13.1 Å². The highest BCUT2D eigenvalue weighted by Gasteiger charge is 2.30. The highest BCUT2D eigenvalue weighted by Crippen LogP contribution is 2.28. The van der Waals surface area contributed by atoms with Crippen molar-refractivity contribution in [1.82, 2.24) is 10.2 Å². The Morgan fingerprint density at radius 1 is 1.44 bits per heavy atom. The molecule has 1 fully saturated rings. The summed E-state index contributed by atoms with van der Waals surface area (Å²) in [6.07, 6.45) is 2.08. The Kier molecular flexibility index (Phi) is 3.78. The molecular weight excluding hydrogens is 208 g/mol. The maximum absolute atomic E-state index is 11.8. The van der Waals surface area contributed by atoms with E-state index in [1.54, 1.807) is 4.90 Å². The van der Waals surface area contributed by atoms with Gasteiger partial charge in [-0.25, -0.2) is 4.79 Å². The number of carboxylic acids is 1. The third-order valence-corrected chi connectivity index (χ3v) is 2.90. The number of carbonyl (C=O) groups excluding carboxylic acids is 1. The van der Waals surface area contributed by atoms with Gasteiger partial charge in [-0.05, 0) is 25.2 Å². The van der Waals surface area contributed by atoms with E-state index in [2.05, 4.69) is 19.2 Å². The van der Waals surface area contributed by atoms with Gasteiger partial charge in [0.2, 0.25) is 0 Å². The number of hydrogen-bond acceptors (Lipinski definition) is 2. The summed E-state index contributed by atoms with van der Waals surface area (Å²) in [6.45, 7) is 7.10. The Morgan fingerprint density at radius 3 is 2.56 bits per heavy atom. The molecule has 1 aliphatic heterocycles. The molecule has 16 heavy (non-hydrogen) atoms. The van der Waals surface area contributed by atoms with Crippen LogP contribution in [0.2, 0.25) is 0 Å². The van der Waals surface area contributed by atoms with Crippen LogP contribution in [0.5, 0.6) is 0 Å². The van der Waals surface area contributed by atoms with Gasteiger partial charge in [0, 0.05) is 13.1 Å². The lowest BCUT2D eigenvalue weighted by atomic mass is 9.84. The Hall–Kier alpha value is -1.26. The second kappa shape index (κ2) is 4.72. The predicted octanol–water partition coefficient (Wildman–Crippen LogP) is 1.29. The largest absolute Gasteiger partial charge is 0.480 e. The smallest absolute Gasteiger partial charge is 0.325 e. The Balaban J connectivity index is 2.51. The number of carbonyl (C=O) groups is 2. The van der Waals surface area contributed by atoms with Crippen molar-refractivity contribution < 1.29 is 14.7 Å². The summed E-state index contributed by atoms with van der Waals surface area (Å²) in [5.41, 5.74) is 0.127. The molecule has 0 aromatic carbocycles. The van der Waals surface area contributed by atoms with Gasteiger partial charge in [0.25, 0.3) is 0 Å². The van der Waals surface area contributed by atoms with E-state index in [0.717, 1.165) is 12.8 Å². The van der Waals surface area contributed by atoms with Crippen LogP contribution in [0.4, 0.5) is 4.79 Å². The molecule has 1 atom stereocenters. The van der Waals surface area contributed by atoms with Crippen LogP contribution in [0.25, 0.3) is 0 Å². The van der Waals surface area contributed by atoms with Crippen LogP contribution in [-0.2, 0) is 4.79 Å². The van der Waals surface area contributed by atoms with Crippen LogP contribution < -0.4 is 5.32 Å². The Morgan fingerprint density at radius 2 is 2.06 bits per heavy atom. The van der Waals surface area contributed by atoms with Gasteiger partial charge in [-0.3, -0.25) is 4.79 Å². The summed E-state index contributed by atoms with van der Waals surface area (Å²) in [6, 6.07) is -1.11. The zero-order chi connectivity index (χ0) is 12.3. The average molecular weight is 228 g/mol. The number of urea groups is 1. The van der Waals surface area contributed by atoms with Gasteiger partial charge in [0.1, 0.15) is 6.04 Å². The average Bonchev–Trinajstić information content (AvgIpc) is 2.15. The molecule has 1 rings (SSSR count). The number of rotatable bonds is 2. The first kappa shape index (κ1) is 12.8. The lowest BCUT2D eigenvalue weighted by molar-refractivity contribution is -0.138. The predicted molar refractivity (Wildman–Crippen MR) is 60.2 cm³/mol. The van der Waals surface area contributed by atoms with Crippen molar-refractivity contribution in [1.29, 1.82) is 0 Å². The zero-order valence-electron chi connectivity index (χ0n) is 10.1. The van der Waals surface area contributed by atoms with Crippen LogP contribution in [0, 0.1) is 5.41 Å². The van der Waals surface area contributed by atoms with Crippen LogP contribution in [0.15, 0.2) is 0 Å². The molecule has 0 radical (unpaired) electrons. The topological polar surface area (TPSA) is 69.6 Å². The second-order valence-corrected chi connectivity index (χ2v) is 5.20. The number of amides is 2. The Bertz CT molecular complexity index is 289. The third-order valence-electron chi connectivity index (χ3n) is 2.90. The lowest BCUT2D eigenvalue weighted by Crippen LogP contribution is -2.51. The van der Waals surface area contributed by atoms with Crippen LogP contribution in [0.1, 0.15) is 33.6 Å². The van der Waals surface area contributed by atoms with Crippen molar-refractivity contribution in [2.24, 2.45) is 5.41 Å². The molecule has 92 valence electrons. The SMILES string of the molecule is C[C@@H](NC(=O)N1CCCC(C)(C)C1)C(=O)O. The molecule has 0 saturated carbocycles. The van der Waals surface area contributed by atoms with Crippen LogP contribution in [0.3, 0.4) is 0 Å². The molecule has 1 heterocycles. The molecule has 0 aromatic heterocycles. The fraction of sp³-hybridized carbons (Fsp3) is 0.818. The molecule has 0 aliphatic carbocycles. The minimum atomic E-state index is -1.01. The molecular formula is C11H20N2O3. The maximum Gasteiger partial charge on any atom is 0.325 e. The van der Waals surface area contributed by atoms with E-state index in [1.165, 1.54) is 6.92 Å². The van der Waals surface area contributed by atoms with E-state index in [-0.39, 0.29) is 11.4 Å². The van der Waals surface area contributed by atoms with Gasteiger partial charge in [-0.15, -0.1) is 0 Å². The molecule has 5 heteroatoms. The van der Waals surface area contributed by atoms with Gasteiger partial charge >= 0.3 is 12.0 Å². The number of hydrogen-bond donors (Lipinski definition) is 2. The van der Waals surface area contributed by atoms with E-state index >= 15 is 0 Å². The van der Waals surface area contributed by atoms with Crippen molar-refractivity contribution in [3.8, 4) is 0 Å². The molecule has 1 aliphatic rings. The van der Waals surface area contributed by atoms with Gasteiger partial charge in [0.05, 0.1) is 0 Å². The summed E-state index contributed by atoms with van der Waals surface area (Å²) in [5, 5.41) is 11.2. The number of piperidine rings is 1. The van der Waals surface area contributed by atoms with Crippen LogP contribution in [-0.4, -0.2) is 41.1 Å². The van der Waals surface area contributed by atoms with Crippen molar-refractivity contribution >= 4 is 12.0 Å². The van der Waals surface area contributed by atoms with Crippen molar-refractivity contribution in [2.45, 2.75) is 39.7 Å². The quantitative estimate of drug-likeness (QED) is 0.748. The number of likely N-dealkylation sites (tertiary alicyclic amines) is 1. The van der Waals surface area contributed by atoms with Gasteiger partial charge in [-0.2, -0.15) is 0 Å². The number of nitrogens with one attached hydrogen (secondary N) is 1. The van der Waals surface area contributed by atoms with Gasteiger partial charge < -0.3 is 15.3 Å². The molecule has 1 saturated heterocycles. The fourth-order valence-corrected chi connectivity index (χ4v) is 1.93. The summed E-state index contributed by atoms with van der Waals surface area (Å²) in [4.78, 5) is 24.1. The molecule has 0 aromatic rings. The third kappa shape index (κ3) is 3.40. The highest BCUT2D eigenvalue weighted by atomic mass is 16.4. The fourth-order valence-electron chi connectivity index (χ4n) is 1.93. The van der Waals surface area contributed by atoms with Gasteiger partial charge in [-0.1, -0.05) is 13.8 Å². The normalized spacial score (nSPS) is 21.3. The number of aliphatic carboxylic acids is 1. The molecule has 0 unspecified atom stereocenters. The maximum atomic E-state index is 11.8. The van der Waals surface area contributed by atoms with E-state index in [1.807, 2.05) is 0 Å². The standard InChI is InChI=1S/C11H20N2O3/c1-8(9(14)15)12-10(16)13-6-4-5-11(2,3)7-13/h8H,4-7H2,1-3H3,(H,12,16)(H,14,15)/t8-/m1/s1. The summed E-state index contributed by atoms with van der Waals surface area (Å²) < 4.78 is 0. The summed E-state index contributed by atoms with van der Waals surface area (Å²) in [5.74, 6) is -1.01. The minimum Gasteiger partial charge on any atom is -0.480 e.